The Morgan fingerprint density at radius 3 is 3.17 bits per heavy atom. The molecule has 0 aliphatic carbocycles. The van der Waals surface area contributed by atoms with Crippen LogP contribution in [-0.2, 0) is 0 Å². The van der Waals surface area contributed by atoms with Gasteiger partial charge in [0.2, 0.25) is 4.77 Å². The Morgan fingerprint density at radius 2 is 2.42 bits per heavy atom. The van der Waals surface area contributed by atoms with E-state index in [-0.39, 0.29) is 0 Å². The van der Waals surface area contributed by atoms with Gasteiger partial charge in [0.1, 0.15) is 18.0 Å². The van der Waals surface area contributed by atoms with E-state index < -0.39 is 0 Å². The lowest BCUT2D eigenvalue weighted by molar-refractivity contribution is 0.872. The third kappa shape index (κ3) is 0.805. The molecule has 12 heavy (non-hydrogen) atoms. The summed E-state index contributed by atoms with van der Waals surface area (Å²) in [5, 5.41) is 11.4. The SMILES string of the molecule is N#Cc1c[nH]n2c(=S)ncnc12. The van der Waals surface area contributed by atoms with E-state index >= 15 is 0 Å². The topological polar surface area (TPSA) is 69.8 Å². The summed E-state index contributed by atoms with van der Waals surface area (Å²) < 4.78 is 1.84. The van der Waals surface area contributed by atoms with Gasteiger partial charge in [0.15, 0.2) is 5.65 Å². The summed E-state index contributed by atoms with van der Waals surface area (Å²) in [5.41, 5.74) is 0.973. The first-order chi connectivity index (χ1) is 5.83. The van der Waals surface area contributed by atoms with Crippen molar-refractivity contribution in [2.75, 3.05) is 0 Å². The van der Waals surface area contributed by atoms with Crippen molar-refractivity contribution < 1.29 is 0 Å². The molecular formula is C6H3N5S. The van der Waals surface area contributed by atoms with E-state index in [1.807, 2.05) is 6.07 Å². The van der Waals surface area contributed by atoms with E-state index in [0.29, 0.717) is 16.0 Å². The largest absolute Gasteiger partial charge is 0.296 e. The van der Waals surface area contributed by atoms with Crippen LogP contribution in [0.3, 0.4) is 0 Å². The second kappa shape index (κ2) is 2.39. The van der Waals surface area contributed by atoms with Crippen LogP contribution in [0, 0.1) is 16.1 Å². The standard InChI is InChI=1S/C6H3N5S/c7-1-4-2-10-11-5(4)8-3-9-6(11)12/h2-3,10H. The van der Waals surface area contributed by atoms with E-state index in [1.54, 1.807) is 6.20 Å². The molecule has 0 unspecified atom stereocenters. The van der Waals surface area contributed by atoms with Crippen molar-refractivity contribution in [2.24, 2.45) is 0 Å². The molecule has 0 spiro atoms. The normalized spacial score (nSPS) is 9.92. The molecule has 2 heterocycles. The van der Waals surface area contributed by atoms with Gasteiger partial charge in [-0.25, -0.2) is 14.5 Å². The average Bonchev–Trinajstić information content (AvgIpc) is 2.49. The second-order valence-corrected chi connectivity index (χ2v) is 2.48. The van der Waals surface area contributed by atoms with Gasteiger partial charge in [-0.05, 0) is 12.2 Å². The van der Waals surface area contributed by atoms with Crippen LogP contribution in [0.1, 0.15) is 5.56 Å². The van der Waals surface area contributed by atoms with Gasteiger partial charge < -0.3 is 0 Å². The highest BCUT2D eigenvalue weighted by Gasteiger charge is 2.02. The zero-order valence-electron chi connectivity index (χ0n) is 5.85. The molecule has 0 amide bonds. The first-order valence-electron chi connectivity index (χ1n) is 3.14. The molecular weight excluding hydrogens is 174 g/mol. The molecule has 0 atom stereocenters. The Kier molecular flexibility index (Phi) is 1.38. The quantitative estimate of drug-likeness (QED) is 0.600. The number of H-pyrrole nitrogens is 1. The first kappa shape index (κ1) is 6.94. The Hall–Kier alpha value is -1.74. The molecule has 0 saturated heterocycles. The maximum atomic E-state index is 8.64. The maximum absolute atomic E-state index is 8.64. The van der Waals surface area contributed by atoms with E-state index in [9.17, 15) is 0 Å². The molecule has 0 aliphatic rings. The van der Waals surface area contributed by atoms with Crippen LogP contribution in [0.2, 0.25) is 0 Å². The molecule has 2 rings (SSSR count). The van der Waals surface area contributed by atoms with Gasteiger partial charge in [0, 0.05) is 6.20 Å². The summed E-state index contributed by atoms with van der Waals surface area (Å²) in [5.74, 6) is 0. The monoisotopic (exact) mass is 177 g/mol. The lowest BCUT2D eigenvalue weighted by atomic mass is 10.4. The van der Waals surface area contributed by atoms with Crippen LogP contribution in [0.25, 0.3) is 5.65 Å². The first-order valence-corrected chi connectivity index (χ1v) is 3.55. The summed E-state index contributed by atoms with van der Waals surface area (Å²) in [7, 11) is 0. The van der Waals surface area contributed by atoms with Gasteiger partial charge >= 0.3 is 0 Å². The minimum absolute atomic E-state index is 0.363. The van der Waals surface area contributed by atoms with Crippen molar-refractivity contribution in [1.82, 2.24) is 19.6 Å². The van der Waals surface area contributed by atoms with Crippen LogP contribution >= 0.6 is 12.2 Å². The van der Waals surface area contributed by atoms with Crippen molar-refractivity contribution in [3.8, 4) is 6.07 Å². The summed E-state index contributed by atoms with van der Waals surface area (Å²) in [6.45, 7) is 0. The van der Waals surface area contributed by atoms with E-state index in [4.69, 9.17) is 17.5 Å². The van der Waals surface area contributed by atoms with Crippen LogP contribution in [0.15, 0.2) is 12.5 Å². The lowest BCUT2D eigenvalue weighted by Gasteiger charge is -1.89. The summed E-state index contributed by atoms with van der Waals surface area (Å²) in [6.07, 6.45) is 2.88. The predicted molar refractivity (Wildman–Crippen MR) is 42.9 cm³/mol. The smallest absolute Gasteiger partial charge is 0.222 e. The van der Waals surface area contributed by atoms with Crippen molar-refractivity contribution in [1.29, 1.82) is 5.26 Å². The molecule has 0 aliphatic heterocycles. The lowest BCUT2D eigenvalue weighted by Crippen LogP contribution is -1.93. The van der Waals surface area contributed by atoms with Gasteiger partial charge in [-0.1, -0.05) is 0 Å². The molecule has 5 nitrogen and oxygen atoms in total. The van der Waals surface area contributed by atoms with E-state index in [2.05, 4.69) is 15.1 Å². The summed E-state index contributed by atoms with van der Waals surface area (Å²) in [6, 6.07) is 1.99. The molecule has 0 saturated carbocycles. The maximum Gasteiger partial charge on any atom is 0.222 e. The zero-order valence-corrected chi connectivity index (χ0v) is 6.67. The second-order valence-electron chi connectivity index (χ2n) is 2.11. The van der Waals surface area contributed by atoms with Crippen molar-refractivity contribution >= 4 is 17.9 Å². The number of aromatic nitrogens is 4. The Labute approximate surface area is 72.3 Å². The van der Waals surface area contributed by atoms with Crippen LogP contribution < -0.4 is 0 Å². The fourth-order valence-electron chi connectivity index (χ4n) is 0.921. The highest BCUT2D eigenvalue weighted by Crippen LogP contribution is 2.03. The number of fused-ring (bicyclic) bond motifs is 1. The molecule has 0 fully saturated rings. The van der Waals surface area contributed by atoms with Crippen molar-refractivity contribution in [2.45, 2.75) is 0 Å². The highest BCUT2D eigenvalue weighted by atomic mass is 32.1. The number of nitrogens with zero attached hydrogens (tertiary/aromatic N) is 4. The predicted octanol–water partition coefficient (Wildman–Crippen LogP) is 0.659. The van der Waals surface area contributed by atoms with Gasteiger partial charge in [-0.2, -0.15) is 5.26 Å². The van der Waals surface area contributed by atoms with Crippen LogP contribution in [0.5, 0.6) is 0 Å². The van der Waals surface area contributed by atoms with E-state index in [0.717, 1.165) is 0 Å². The summed E-state index contributed by atoms with van der Waals surface area (Å²) in [4.78, 5) is 7.69. The molecule has 58 valence electrons. The summed E-state index contributed by atoms with van der Waals surface area (Å²) >= 11 is 4.89. The Balaban J connectivity index is 3.01. The molecule has 0 aromatic carbocycles. The fourth-order valence-corrected chi connectivity index (χ4v) is 1.11. The van der Waals surface area contributed by atoms with Gasteiger partial charge in [0.25, 0.3) is 0 Å². The fraction of sp³-hybridized carbons (Fsp3) is 0. The molecule has 0 radical (unpaired) electrons. The number of aromatic amines is 1. The molecule has 2 aromatic heterocycles. The third-order valence-electron chi connectivity index (χ3n) is 1.45. The van der Waals surface area contributed by atoms with Gasteiger partial charge in [-0.3, -0.25) is 5.10 Å². The minimum atomic E-state index is 0.363. The molecule has 0 bridgehead atoms. The molecule has 6 heteroatoms. The third-order valence-corrected chi connectivity index (χ3v) is 1.74. The number of hydrogen-bond acceptors (Lipinski definition) is 4. The van der Waals surface area contributed by atoms with Crippen molar-refractivity contribution in [3.63, 3.8) is 0 Å². The molecule has 1 N–H and O–H groups in total. The van der Waals surface area contributed by atoms with Crippen LogP contribution in [0.4, 0.5) is 0 Å². The van der Waals surface area contributed by atoms with Gasteiger partial charge in [0.05, 0.1) is 0 Å². The van der Waals surface area contributed by atoms with Crippen LogP contribution in [-0.4, -0.2) is 19.6 Å². The number of rotatable bonds is 0. The van der Waals surface area contributed by atoms with Crippen molar-refractivity contribution in [3.05, 3.63) is 22.9 Å². The average molecular weight is 177 g/mol. The number of nitriles is 1. The highest BCUT2D eigenvalue weighted by molar-refractivity contribution is 7.71. The molecule has 2 aromatic rings. The number of hydrogen-bond donors (Lipinski definition) is 1. The zero-order chi connectivity index (χ0) is 8.55. The Morgan fingerprint density at radius 1 is 1.58 bits per heavy atom. The Bertz CT molecular complexity index is 516. The van der Waals surface area contributed by atoms with E-state index in [1.165, 1.54) is 10.8 Å². The van der Waals surface area contributed by atoms with Gasteiger partial charge in [-0.15, -0.1) is 0 Å². The minimum Gasteiger partial charge on any atom is -0.296 e. The number of nitrogens with one attached hydrogen (secondary N) is 1.